The highest BCUT2D eigenvalue weighted by Crippen LogP contribution is 2.22. The molecule has 0 radical (unpaired) electrons. The van der Waals surface area contributed by atoms with Crippen LogP contribution in [0.4, 0.5) is 0 Å². The lowest BCUT2D eigenvalue weighted by atomic mass is 10.1. The number of nitrogens with one attached hydrogen (secondary N) is 2. The van der Waals surface area contributed by atoms with E-state index in [1.165, 1.54) is 0 Å². The Bertz CT molecular complexity index is 841. The zero-order valence-electron chi connectivity index (χ0n) is 13.6. The number of benzene rings is 1. The van der Waals surface area contributed by atoms with Crippen LogP contribution in [0.3, 0.4) is 0 Å². The summed E-state index contributed by atoms with van der Waals surface area (Å²) in [5.74, 6) is 0.596. The van der Waals surface area contributed by atoms with E-state index < -0.39 is 0 Å². The monoisotopic (exact) mass is 324 g/mol. The molecular formula is C18H20N4O2. The summed E-state index contributed by atoms with van der Waals surface area (Å²) >= 11 is 0. The van der Waals surface area contributed by atoms with Crippen LogP contribution in [0.1, 0.15) is 40.8 Å². The molecular weight excluding hydrogens is 304 g/mol. The van der Waals surface area contributed by atoms with Crippen molar-refractivity contribution in [2.24, 2.45) is 7.05 Å². The average molecular weight is 324 g/mol. The topological polar surface area (TPSA) is 72.1 Å². The smallest absolute Gasteiger partial charge is 0.269 e. The Hall–Kier alpha value is -2.60. The lowest BCUT2D eigenvalue weighted by Gasteiger charge is -2.04. The van der Waals surface area contributed by atoms with Gasteiger partial charge in [-0.05, 0) is 37.6 Å². The van der Waals surface area contributed by atoms with Gasteiger partial charge in [0.05, 0.1) is 18.3 Å². The van der Waals surface area contributed by atoms with Gasteiger partial charge in [0.15, 0.2) is 0 Å². The first-order chi connectivity index (χ1) is 11.7. The molecule has 1 atom stereocenters. The third-order valence-electron chi connectivity index (χ3n) is 4.45. The highest BCUT2D eigenvalue weighted by atomic mass is 16.3. The first kappa shape index (κ1) is 15.0. The number of fused-ring (bicyclic) bond motifs is 1. The highest BCUT2D eigenvalue weighted by molar-refractivity contribution is 5.92. The Balaban J connectivity index is 1.45. The summed E-state index contributed by atoms with van der Waals surface area (Å²) in [5, 5.41) is 11.8. The normalized spacial score (nSPS) is 17.5. The summed E-state index contributed by atoms with van der Waals surface area (Å²) in [6.45, 7) is 1.37. The van der Waals surface area contributed by atoms with Crippen LogP contribution >= 0.6 is 0 Å². The van der Waals surface area contributed by atoms with Crippen LogP contribution in [0.2, 0.25) is 0 Å². The Morgan fingerprint density at radius 1 is 1.42 bits per heavy atom. The number of para-hydroxylation sites is 1. The number of hydrogen-bond donors (Lipinski definition) is 2. The van der Waals surface area contributed by atoms with Crippen molar-refractivity contribution in [1.29, 1.82) is 0 Å². The zero-order valence-corrected chi connectivity index (χ0v) is 13.6. The third-order valence-corrected chi connectivity index (χ3v) is 4.45. The van der Waals surface area contributed by atoms with Gasteiger partial charge in [-0.25, -0.2) is 0 Å². The maximum atomic E-state index is 12.4. The van der Waals surface area contributed by atoms with Gasteiger partial charge in [-0.3, -0.25) is 9.48 Å². The van der Waals surface area contributed by atoms with Gasteiger partial charge in [0, 0.05) is 12.4 Å². The van der Waals surface area contributed by atoms with Crippen LogP contribution in [0.25, 0.3) is 11.0 Å². The van der Waals surface area contributed by atoms with E-state index in [1.807, 2.05) is 36.4 Å². The molecule has 1 fully saturated rings. The maximum Gasteiger partial charge on any atom is 0.269 e. The molecule has 0 saturated carbocycles. The predicted molar refractivity (Wildman–Crippen MR) is 90.6 cm³/mol. The highest BCUT2D eigenvalue weighted by Gasteiger charge is 2.22. The molecule has 124 valence electrons. The minimum atomic E-state index is -0.144. The van der Waals surface area contributed by atoms with Crippen molar-refractivity contribution in [2.45, 2.75) is 25.4 Å². The Morgan fingerprint density at radius 2 is 2.29 bits per heavy atom. The van der Waals surface area contributed by atoms with Crippen molar-refractivity contribution >= 4 is 16.9 Å². The minimum Gasteiger partial charge on any atom is -0.459 e. The number of aryl methyl sites for hydroxylation is 1. The number of aromatic nitrogens is 2. The van der Waals surface area contributed by atoms with Crippen molar-refractivity contribution in [2.75, 3.05) is 6.54 Å². The van der Waals surface area contributed by atoms with Gasteiger partial charge in [0.2, 0.25) is 0 Å². The summed E-state index contributed by atoms with van der Waals surface area (Å²) in [7, 11) is 1.80. The summed E-state index contributed by atoms with van der Waals surface area (Å²) < 4.78 is 7.37. The fourth-order valence-corrected chi connectivity index (χ4v) is 3.19. The molecule has 1 aromatic carbocycles. The lowest BCUT2D eigenvalue weighted by molar-refractivity contribution is 0.0939. The Labute approximate surface area is 139 Å². The molecule has 6 nitrogen and oxygen atoms in total. The lowest BCUT2D eigenvalue weighted by Crippen LogP contribution is -2.24. The van der Waals surface area contributed by atoms with Crippen molar-refractivity contribution in [3.05, 3.63) is 53.5 Å². The molecule has 6 heteroatoms. The van der Waals surface area contributed by atoms with Crippen LogP contribution in [-0.2, 0) is 13.6 Å². The SMILES string of the molecule is Cn1nc(C2CCCN2)cc1C(=O)NCc1cc2ccccc2o1. The molecule has 2 aromatic heterocycles. The fourth-order valence-electron chi connectivity index (χ4n) is 3.19. The third kappa shape index (κ3) is 2.80. The standard InChI is InChI=1S/C18H20N4O2/c1-22-16(10-15(21-22)14-6-4-8-19-14)18(23)20-11-13-9-12-5-2-3-7-17(12)24-13/h2-3,5,7,9-10,14,19H,4,6,8,11H2,1H3,(H,20,23). The second-order valence-electron chi connectivity index (χ2n) is 6.16. The molecule has 24 heavy (non-hydrogen) atoms. The number of hydrogen-bond acceptors (Lipinski definition) is 4. The first-order valence-electron chi connectivity index (χ1n) is 8.24. The number of rotatable bonds is 4. The first-order valence-corrected chi connectivity index (χ1v) is 8.24. The van der Waals surface area contributed by atoms with E-state index in [4.69, 9.17) is 4.42 Å². The largest absolute Gasteiger partial charge is 0.459 e. The molecule has 1 saturated heterocycles. The second-order valence-corrected chi connectivity index (χ2v) is 6.16. The Kier molecular flexibility index (Phi) is 3.82. The number of nitrogens with zero attached hydrogens (tertiary/aromatic N) is 2. The summed E-state index contributed by atoms with van der Waals surface area (Å²) in [5.41, 5.74) is 2.33. The number of carbonyl (C=O) groups excluding carboxylic acids is 1. The zero-order chi connectivity index (χ0) is 16.5. The van der Waals surface area contributed by atoms with Crippen molar-refractivity contribution < 1.29 is 9.21 Å². The minimum absolute atomic E-state index is 0.144. The molecule has 3 heterocycles. The Morgan fingerprint density at radius 3 is 3.08 bits per heavy atom. The van der Waals surface area contributed by atoms with E-state index in [0.717, 1.165) is 41.8 Å². The molecule has 1 amide bonds. The van der Waals surface area contributed by atoms with Gasteiger partial charge in [0.1, 0.15) is 17.0 Å². The van der Waals surface area contributed by atoms with E-state index in [-0.39, 0.29) is 11.9 Å². The molecule has 0 bridgehead atoms. The van der Waals surface area contributed by atoms with E-state index in [9.17, 15) is 4.79 Å². The summed E-state index contributed by atoms with van der Waals surface area (Å²) in [4.78, 5) is 12.4. The molecule has 3 aromatic rings. The molecule has 1 unspecified atom stereocenters. The van der Waals surface area contributed by atoms with Crippen LogP contribution in [0, 0.1) is 0 Å². The van der Waals surface area contributed by atoms with Gasteiger partial charge in [-0.1, -0.05) is 18.2 Å². The van der Waals surface area contributed by atoms with Crippen molar-refractivity contribution in [1.82, 2.24) is 20.4 Å². The van der Waals surface area contributed by atoms with E-state index in [2.05, 4.69) is 15.7 Å². The van der Waals surface area contributed by atoms with Gasteiger partial charge >= 0.3 is 0 Å². The fraction of sp³-hybridized carbons (Fsp3) is 0.333. The number of amides is 1. The van der Waals surface area contributed by atoms with Gasteiger partial charge < -0.3 is 15.1 Å². The molecule has 1 aliphatic heterocycles. The van der Waals surface area contributed by atoms with E-state index in [1.54, 1.807) is 11.7 Å². The van der Waals surface area contributed by atoms with Crippen molar-refractivity contribution in [3.63, 3.8) is 0 Å². The maximum absolute atomic E-state index is 12.4. The quantitative estimate of drug-likeness (QED) is 0.773. The van der Waals surface area contributed by atoms with Crippen molar-refractivity contribution in [3.8, 4) is 0 Å². The van der Waals surface area contributed by atoms with Gasteiger partial charge in [-0.2, -0.15) is 5.10 Å². The van der Waals surface area contributed by atoms with Gasteiger partial charge in [0.25, 0.3) is 5.91 Å². The summed E-state index contributed by atoms with van der Waals surface area (Å²) in [6, 6.07) is 11.9. The second kappa shape index (κ2) is 6.13. The molecule has 4 rings (SSSR count). The number of carbonyl (C=O) groups is 1. The van der Waals surface area contributed by atoms with E-state index in [0.29, 0.717) is 12.2 Å². The van der Waals surface area contributed by atoms with Gasteiger partial charge in [-0.15, -0.1) is 0 Å². The predicted octanol–water partition coefficient (Wildman–Crippen LogP) is 2.52. The molecule has 0 spiro atoms. The van der Waals surface area contributed by atoms with Crippen LogP contribution < -0.4 is 10.6 Å². The van der Waals surface area contributed by atoms with Crippen LogP contribution in [0.5, 0.6) is 0 Å². The average Bonchev–Trinajstić information content (AvgIpc) is 3.31. The molecule has 2 N–H and O–H groups in total. The van der Waals surface area contributed by atoms with E-state index >= 15 is 0 Å². The molecule has 0 aliphatic carbocycles. The summed E-state index contributed by atoms with van der Waals surface area (Å²) in [6.07, 6.45) is 2.21. The molecule has 1 aliphatic rings. The van der Waals surface area contributed by atoms with Crippen LogP contribution in [-0.4, -0.2) is 22.2 Å². The van der Waals surface area contributed by atoms with Crippen LogP contribution in [0.15, 0.2) is 40.8 Å². The number of furan rings is 1.